The van der Waals surface area contributed by atoms with Gasteiger partial charge in [0, 0.05) is 6.54 Å². The second kappa shape index (κ2) is 7.53. The molecule has 0 saturated carbocycles. The lowest BCUT2D eigenvalue weighted by Gasteiger charge is -2.17. The Balaban J connectivity index is 2.80. The maximum absolute atomic E-state index is 13.7. The molecule has 1 rings (SSSR count). The number of hydrogen-bond donors (Lipinski definition) is 2. The van der Waals surface area contributed by atoms with Gasteiger partial charge in [-0.3, -0.25) is 4.79 Å². The summed E-state index contributed by atoms with van der Waals surface area (Å²) < 4.78 is 19.1. The molecule has 0 spiro atoms. The summed E-state index contributed by atoms with van der Waals surface area (Å²) >= 11 is 0. The molecule has 0 aliphatic rings. The second-order valence-corrected chi connectivity index (χ2v) is 4.06. The van der Waals surface area contributed by atoms with Gasteiger partial charge in [0.1, 0.15) is 0 Å². The average molecular weight is 266 g/mol. The van der Waals surface area contributed by atoms with E-state index in [1.165, 1.54) is 6.07 Å². The maximum atomic E-state index is 13.7. The van der Waals surface area contributed by atoms with Crippen molar-refractivity contribution in [2.24, 2.45) is 5.73 Å². The summed E-state index contributed by atoms with van der Waals surface area (Å²) in [4.78, 5) is 11.7. The highest BCUT2D eigenvalue weighted by atomic mass is 19.1. The average Bonchev–Trinajstić information content (AvgIpc) is 2.40. The third kappa shape index (κ3) is 4.37. The zero-order chi connectivity index (χ0) is 14.3. The third-order valence-corrected chi connectivity index (χ3v) is 2.55. The number of carbonyl (C=O) groups excluding carboxylic acids is 1. The molecule has 0 fully saturated rings. The molecule has 19 heavy (non-hydrogen) atoms. The first kappa shape index (κ1) is 15.2. The number of ether oxygens (including phenoxy) is 1. The Morgan fingerprint density at radius 2 is 2.37 bits per heavy atom. The molecule has 1 amide bonds. The lowest BCUT2D eigenvalue weighted by Crippen LogP contribution is -2.36. The zero-order valence-corrected chi connectivity index (χ0v) is 11.0. The maximum Gasteiger partial charge on any atom is 0.261 e. The molecule has 0 aromatic heterocycles. The van der Waals surface area contributed by atoms with E-state index in [1.54, 1.807) is 25.1 Å². The highest BCUT2D eigenvalue weighted by Crippen LogP contribution is 2.24. The fourth-order valence-electron chi connectivity index (χ4n) is 1.58. The Morgan fingerprint density at radius 3 is 3.00 bits per heavy atom. The number of hydrogen-bond acceptors (Lipinski definition) is 3. The number of benzene rings is 1. The van der Waals surface area contributed by atoms with Crippen LogP contribution in [0.4, 0.5) is 4.39 Å². The summed E-state index contributed by atoms with van der Waals surface area (Å²) in [6, 6.07) is 4.62. The first-order valence-corrected chi connectivity index (χ1v) is 6.12. The van der Waals surface area contributed by atoms with Crippen molar-refractivity contribution in [3.05, 3.63) is 42.2 Å². The van der Waals surface area contributed by atoms with Crippen LogP contribution in [0.2, 0.25) is 0 Å². The van der Waals surface area contributed by atoms with E-state index in [2.05, 4.69) is 11.9 Å². The van der Waals surface area contributed by atoms with Crippen LogP contribution in [-0.4, -0.2) is 25.1 Å². The Labute approximate surface area is 112 Å². The number of para-hydroxylation sites is 1. The quantitative estimate of drug-likeness (QED) is 0.733. The minimum absolute atomic E-state index is 0.0919. The van der Waals surface area contributed by atoms with Gasteiger partial charge in [-0.2, -0.15) is 0 Å². The van der Waals surface area contributed by atoms with Crippen molar-refractivity contribution < 1.29 is 13.9 Å². The van der Waals surface area contributed by atoms with Gasteiger partial charge in [-0.1, -0.05) is 18.2 Å². The van der Waals surface area contributed by atoms with Gasteiger partial charge in [0.25, 0.3) is 5.91 Å². The van der Waals surface area contributed by atoms with Gasteiger partial charge in [0.15, 0.2) is 17.7 Å². The van der Waals surface area contributed by atoms with E-state index in [9.17, 15) is 9.18 Å². The summed E-state index contributed by atoms with van der Waals surface area (Å²) in [5.74, 6) is -0.717. The van der Waals surface area contributed by atoms with Crippen molar-refractivity contribution in [2.75, 3.05) is 13.1 Å². The normalized spacial score (nSPS) is 11.7. The lowest BCUT2D eigenvalue weighted by molar-refractivity contribution is -0.127. The number of nitrogens with one attached hydrogen (secondary N) is 1. The first-order chi connectivity index (χ1) is 9.10. The van der Waals surface area contributed by atoms with E-state index in [-0.39, 0.29) is 11.7 Å². The summed E-state index contributed by atoms with van der Waals surface area (Å²) in [6.07, 6.45) is 1.27. The van der Waals surface area contributed by atoms with Crippen LogP contribution >= 0.6 is 0 Å². The Kier molecular flexibility index (Phi) is 6.02. The van der Waals surface area contributed by atoms with E-state index < -0.39 is 11.9 Å². The molecule has 0 bridgehead atoms. The number of amides is 1. The van der Waals surface area contributed by atoms with Crippen molar-refractivity contribution in [3.8, 4) is 5.75 Å². The van der Waals surface area contributed by atoms with E-state index >= 15 is 0 Å². The highest BCUT2D eigenvalue weighted by Gasteiger charge is 2.18. The van der Waals surface area contributed by atoms with Crippen LogP contribution in [0.15, 0.2) is 30.9 Å². The number of carbonyl (C=O) groups is 1. The Bertz CT molecular complexity index is 449. The fraction of sp³-hybridized carbons (Fsp3) is 0.357. The third-order valence-electron chi connectivity index (χ3n) is 2.55. The summed E-state index contributed by atoms with van der Waals surface area (Å²) in [5, 5.41) is 2.59. The molecule has 0 aliphatic heterocycles. The monoisotopic (exact) mass is 266 g/mol. The van der Waals surface area contributed by atoms with E-state index in [4.69, 9.17) is 10.5 Å². The van der Waals surface area contributed by atoms with Crippen molar-refractivity contribution in [1.82, 2.24) is 5.32 Å². The molecule has 3 N–H and O–H groups in total. The van der Waals surface area contributed by atoms with Crippen LogP contribution in [0.5, 0.6) is 5.75 Å². The molecular formula is C14H19FN2O2. The minimum Gasteiger partial charge on any atom is -0.478 e. The predicted molar refractivity (Wildman–Crippen MR) is 72.5 cm³/mol. The van der Waals surface area contributed by atoms with Gasteiger partial charge in [0.05, 0.1) is 0 Å². The van der Waals surface area contributed by atoms with Crippen molar-refractivity contribution in [1.29, 1.82) is 0 Å². The molecule has 0 heterocycles. The molecule has 1 unspecified atom stereocenters. The van der Waals surface area contributed by atoms with Gasteiger partial charge in [-0.15, -0.1) is 6.58 Å². The fourth-order valence-corrected chi connectivity index (χ4v) is 1.58. The summed E-state index contributed by atoms with van der Waals surface area (Å²) in [7, 11) is 0. The molecule has 5 heteroatoms. The molecule has 104 valence electrons. The molecule has 1 aromatic carbocycles. The molecule has 4 nitrogen and oxygen atoms in total. The van der Waals surface area contributed by atoms with Gasteiger partial charge in [-0.05, 0) is 31.5 Å². The smallest absolute Gasteiger partial charge is 0.261 e. The number of nitrogens with two attached hydrogens (primary N) is 1. The summed E-state index contributed by atoms with van der Waals surface area (Å²) in [5.41, 5.74) is 6.13. The molecule has 0 radical (unpaired) electrons. The molecular weight excluding hydrogens is 247 g/mol. The summed E-state index contributed by atoms with van der Waals surface area (Å²) in [6.45, 7) is 5.80. The van der Waals surface area contributed by atoms with Crippen molar-refractivity contribution in [3.63, 3.8) is 0 Å². The SMILES string of the molecule is C=CCNC(=O)C(C)Oc1c(F)cccc1CCN. The van der Waals surface area contributed by atoms with Gasteiger partial charge in [-0.25, -0.2) is 4.39 Å². The molecule has 1 atom stereocenters. The van der Waals surface area contributed by atoms with E-state index in [0.717, 1.165) is 0 Å². The van der Waals surface area contributed by atoms with Crippen LogP contribution in [-0.2, 0) is 11.2 Å². The largest absolute Gasteiger partial charge is 0.478 e. The molecule has 1 aromatic rings. The van der Waals surface area contributed by atoms with E-state index in [1.807, 2.05) is 0 Å². The topological polar surface area (TPSA) is 64.3 Å². The lowest BCUT2D eigenvalue weighted by atomic mass is 10.1. The minimum atomic E-state index is -0.784. The van der Waals surface area contributed by atoms with Crippen LogP contribution in [0.3, 0.4) is 0 Å². The van der Waals surface area contributed by atoms with Gasteiger partial charge in [0.2, 0.25) is 0 Å². The van der Waals surface area contributed by atoms with Crippen molar-refractivity contribution in [2.45, 2.75) is 19.4 Å². The highest BCUT2D eigenvalue weighted by molar-refractivity contribution is 5.80. The van der Waals surface area contributed by atoms with Gasteiger partial charge < -0.3 is 15.8 Å². The van der Waals surface area contributed by atoms with Crippen LogP contribution in [0.1, 0.15) is 12.5 Å². The van der Waals surface area contributed by atoms with Gasteiger partial charge >= 0.3 is 0 Å². The first-order valence-electron chi connectivity index (χ1n) is 6.12. The second-order valence-electron chi connectivity index (χ2n) is 4.06. The van der Waals surface area contributed by atoms with Crippen LogP contribution in [0.25, 0.3) is 0 Å². The van der Waals surface area contributed by atoms with Crippen LogP contribution < -0.4 is 15.8 Å². The predicted octanol–water partition coefficient (Wildman–Crippen LogP) is 1.40. The Hall–Kier alpha value is -1.88. The standard InChI is InChI=1S/C14H19FN2O2/c1-3-9-17-14(18)10(2)19-13-11(7-8-16)5-4-6-12(13)15/h3-6,10H,1,7-9,16H2,2H3,(H,17,18). The molecule has 0 aliphatic carbocycles. The zero-order valence-electron chi connectivity index (χ0n) is 11.0. The number of rotatable bonds is 7. The van der Waals surface area contributed by atoms with Crippen molar-refractivity contribution >= 4 is 5.91 Å². The van der Waals surface area contributed by atoms with Crippen LogP contribution in [0, 0.1) is 5.82 Å². The number of halogens is 1. The Morgan fingerprint density at radius 1 is 1.63 bits per heavy atom. The molecule has 0 saturated heterocycles. The van der Waals surface area contributed by atoms with E-state index in [0.29, 0.717) is 25.1 Å².